The van der Waals surface area contributed by atoms with Crippen molar-refractivity contribution in [2.24, 2.45) is 15.5 Å². The molecule has 11 heavy (non-hydrogen) atoms. The summed E-state index contributed by atoms with van der Waals surface area (Å²) in [4.78, 5) is 0. The maximum absolute atomic E-state index is 4.11. The molecule has 1 aliphatic rings. The van der Waals surface area contributed by atoms with Crippen LogP contribution in [-0.4, -0.2) is 23.0 Å². The average molecular weight is 155 g/mol. The second-order valence-electron chi connectivity index (χ2n) is 3.39. The van der Waals surface area contributed by atoms with Gasteiger partial charge in [0.05, 0.1) is 5.22 Å². The van der Waals surface area contributed by atoms with Crippen molar-refractivity contribution in [3.8, 4) is 0 Å². The average Bonchev–Trinajstić information content (AvgIpc) is 2.34. The second kappa shape index (κ2) is 2.70. The van der Waals surface area contributed by atoms with Crippen molar-refractivity contribution in [2.45, 2.75) is 39.8 Å². The molecule has 0 aromatic carbocycles. The molecule has 4 nitrogen and oxygen atoms in total. The number of rotatable bonds is 2. The zero-order chi connectivity index (χ0) is 8.48. The van der Waals surface area contributed by atoms with Gasteiger partial charge in [0, 0.05) is 5.22 Å². The van der Waals surface area contributed by atoms with E-state index in [1.807, 2.05) is 0 Å². The number of hydrogen-bond donors (Lipinski definition) is 0. The van der Waals surface area contributed by atoms with Gasteiger partial charge in [-0.1, -0.05) is 5.10 Å². The lowest BCUT2D eigenvalue weighted by Crippen LogP contribution is -2.50. The molecule has 0 aromatic rings. The molecule has 0 atom stereocenters. The Morgan fingerprint density at radius 2 is 1.64 bits per heavy atom. The molecule has 0 spiro atoms. The van der Waals surface area contributed by atoms with E-state index < -0.39 is 0 Å². The van der Waals surface area contributed by atoms with E-state index in [0.717, 1.165) is 0 Å². The van der Waals surface area contributed by atoms with Gasteiger partial charge in [-0.05, 0) is 27.7 Å². The summed E-state index contributed by atoms with van der Waals surface area (Å²) in [5, 5.41) is 11.5. The van der Waals surface area contributed by atoms with Gasteiger partial charge in [-0.15, -0.1) is 4.59 Å². The molecule has 0 fully saturated rings. The van der Waals surface area contributed by atoms with Gasteiger partial charge in [0.2, 0.25) is 6.34 Å². The van der Waals surface area contributed by atoms with Crippen molar-refractivity contribution < 1.29 is 4.59 Å². The molecule has 0 saturated carbocycles. The van der Waals surface area contributed by atoms with Gasteiger partial charge >= 0.3 is 0 Å². The quantitative estimate of drug-likeness (QED) is 0.546. The summed E-state index contributed by atoms with van der Waals surface area (Å²) >= 11 is 0. The third-order valence-electron chi connectivity index (χ3n) is 2.14. The Morgan fingerprint density at radius 3 is 1.82 bits per heavy atom. The van der Waals surface area contributed by atoms with Crippen LogP contribution in [-0.2, 0) is 0 Å². The van der Waals surface area contributed by atoms with Gasteiger partial charge in [-0.2, -0.15) is 0 Å². The van der Waals surface area contributed by atoms with Crippen molar-refractivity contribution in [2.75, 3.05) is 0 Å². The molecular formula is C7H15N4+. The van der Waals surface area contributed by atoms with Crippen LogP contribution in [0.3, 0.4) is 0 Å². The van der Waals surface area contributed by atoms with Crippen LogP contribution >= 0.6 is 0 Å². The Balaban J connectivity index is 2.90. The van der Waals surface area contributed by atoms with Crippen LogP contribution in [0.4, 0.5) is 0 Å². The van der Waals surface area contributed by atoms with Crippen LogP contribution in [0.25, 0.3) is 0 Å². The van der Waals surface area contributed by atoms with E-state index >= 15 is 0 Å². The third-order valence-corrected chi connectivity index (χ3v) is 2.14. The highest BCUT2D eigenvalue weighted by atomic mass is 15.8. The molecule has 4 heteroatoms. The molecule has 1 aliphatic heterocycles. The van der Waals surface area contributed by atoms with Crippen molar-refractivity contribution in [1.29, 1.82) is 0 Å². The minimum atomic E-state index is 0.407. The van der Waals surface area contributed by atoms with Crippen LogP contribution in [0.5, 0.6) is 0 Å². The fourth-order valence-electron chi connectivity index (χ4n) is 1.29. The lowest BCUT2D eigenvalue weighted by molar-refractivity contribution is -0.886. The van der Waals surface area contributed by atoms with E-state index in [-0.39, 0.29) is 0 Å². The summed E-state index contributed by atoms with van der Waals surface area (Å²) in [5.74, 6) is 0. The molecule has 0 bridgehead atoms. The van der Waals surface area contributed by atoms with Crippen molar-refractivity contribution >= 4 is 6.34 Å². The van der Waals surface area contributed by atoms with Crippen molar-refractivity contribution in [3.63, 3.8) is 0 Å². The molecule has 1 rings (SSSR count). The van der Waals surface area contributed by atoms with Crippen LogP contribution in [0, 0.1) is 0 Å². The Kier molecular flexibility index (Phi) is 2.04. The minimum Gasteiger partial charge on any atom is -0.130 e. The normalized spacial score (nSPS) is 20.5. The molecule has 0 amide bonds. The van der Waals surface area contributed by atoms with Gasteiger partial charge in [0.25, 0.3) is 0 Å². The first kappa shape index (κ1) is 8.33. The van der Waals surface area contributed by atoms with Crippen LogP contribution < -0.4 is 0 Å². The highest BCUT2D eigenvalue weighted by Crippen LogP contribution is 2.21. The Morgan fingerprint density at radius 1 is 1.09 bits per heavy atom. The van der Waals surface area contributed by atoms with E-state index in [1.165, 1.54) is 0 Å². The highest BCUT2D eigenvalue weighted by molar-refractivity contribution is 5.46. The molecule has 0 aromatic heterocycles. The predicted molar refractivity (Wildman–Crippen MR) is 43.9 cm³/mol. The van der Waals surface area contributed by atoms with Gasteiger partial charge in [0.15, 0.2) is 0 Å². The monoisotopic (exact) mass is 155 g/mol. The summed E-state index contributed by atoms with van der Waals surface area (Å²) in [5.41, 5.74) is 0. The highest BCUT2D eigenvalue weighted by Gasteiger charge is 2.37. The molecule has 0 radical (unpaired) electrons. The molecule has 0 N–H and O–H groups in total. The van der Waals surface area contributed by atoms with Gasteiger partial charge < -0.3 is 0 Å². The fraction of sp³-hybridized carbons (Fsp3) is 0.857. The van der Waals surface area contributed by atoms with E-state index in [1.54, 1.807) is 6.34 Å². The summed E-state index contributed by atoms with van der Waals surface area (Å²) in [6.07, 6.45) is 1.80. The first-order chi connectivity index (χ1) is 5.09. The smallest absolute Gasteiger partial charge is 0.130 e. The lowest BCUT2D eigenvalue weighted by Gasteiger charge is -2.30. The number of nitrogens with zero attached hydrogens (tertiary/aromatic N) is 4. The minimum absolute atomic E-state index is 0.407. The maximum Gasteiger partial charge on any atom is 0.240 e. The second-order valence-corrected chi connectivity index (χ2v) is 3.39. The maximum atomic E-state index is 4.11. The van der Waals surface area contributed by atoms with E-state index in [9.17, 15) is 0 Å². The summed E-state index contributed by atoms with van der Waals surface area (Å²) in [6, 6.07) is 0.815. The lowest BCUT2D eigenvalue weighted by atomic mass is 10.2. The molecule has 1 heterocycles. The topological polar surface area (TPSA) is 37.1 Å². The van der Waals surface area contributed by atoms with Crippen LogP contribution in [0.15, 0.2) is 15.5 Å². The largest absolute Gasteiger partial charge is 0.240 e. The standard InChI is InChI=1S/C7H15N4/c1-6(2)11(7(3)4)5-8-9-10-11/h5-7H,1-4H3/q+1. The Bertz CT molecular complexity index is 171. The number of hydrogen-bond acceptors (Lipinski definition) is 3. The van der Waals surface area contributed by atoms with E-state index in [4.69, 9.17) is 0 Å². The van der Waals surface area contributed by atoms with Crippen molar-refractivity contribution in [3.05, 3.63) is 0 Å². The molecule has 62 valence electrons. The van der Waals surface area contributed by atoms with Crippen molar-refractivity contribution in [1.82, 2.24) is 0 Å². The third kappa shape index (κ3) is 1.18. The van der Waals surface area contributed by atoms with E-state index in [2.05, 4.69) is 43.2 Å². The molecule has 0 aliphatic carbocycles. The summed E-state index contributed by atoms with van der Waals surface area (Å²) in [6.45, 7) is 8.49. The SMILES string of the molecule is CC(C)[N+]1(C(C)C)C=NN=N1. The Hall–Kier alpha value is -0.770. The summed E-state index contributed by atoms with van der Waals surface area (Å²) < 4.78 is 0.528. The zero-order valence-electron chi connectivity index (χ0n) is 7.52. The fourth-order valence-corrected chi connectivity index (χ4v) is 1.29. The first-order valence-electron chi connectivity index (χ1n) is 3.94. The van der Waals surface area contributed by atoms with E-state index in [0.29, 0.717) is 16.7 Å². The van der Waals surface area contributed by atoms with Crippen LogP contribution in [0.2, 0.25) is 0 Å². The van der Waals surface area contributed by atoms with Gasteiger partial charge in [-0.3, -0.25) is 0 Å². The molecular weight excluding hydrogens is 140 g/mol. The van der Waals surface area contributed by atoms with Crippen LogP contribution in [0.1, 0.15) is 27.7 Å². The summed E-state index contributed by atoms with van der Waals surface area (Å²) in [7, 11) is 0. The molecule has 0 saturated heterocycles. The zero-order valence-corrected chi connectivity index (χ0v) is 7.52. The first-order valence-corrected chi connectivity index (χ1v) is 3.94. The van der Waals surface area contributed by atoms with Gasteiger partial charge in [-0.25, -0.2) is 0 Å². The predicted octanol–water partition coefficient (Wildman–Crippen LogP) is 1.94. The molecule has 0 unspecified atom stereocenters. The number of quaternary nitrogens is 1. The Labute approximate surface area is 67.2 Å². The van der Waals surface area contributed by atoms with Gasteiger partial charge in [0.1, 0.15) is 12.1 Å².